The molecule has 4 amide bonds. The number of hydrogen-bond donors (Lipinski definition) is 1. The number of benzene rings is 2. The van der Waals surface area contributed by atoms with Crippen molar-refractivity contribution in [2.45, 2.75) is 6.92 Å². The summed E-state index contributed by atoms with van der Waals surface area (Å²) < 4.78 is 7.53. The van der Waals surface area contributed by atoms with Crippen molar-refractivity contribution in [1.82, 2.24) is 5.32 Å². The standard InChI is InChI=1S/C22H14Br2N2O4/c1-12-9-15(5-7-18(12)24)26-21(28)17(20(27)25-22(26)29)11-16-6-8-19(30-16)13-3-2-4-14(23)10-13/h2-11H,1H3,(H,25,27,29)/b17-11+. The summed E-state index contributed by atoms with van der Waals surface area (Å²) in [4.78, 5) is 38.6. The predicted molar refractivity (Wildman–Crippen MR) is 120 cm³/mol. The summed E-state index contributed by atoms with van der Waals surface area (Å²) in [6.07, 6.45) is 1.34. The van der Waals surface area contributed by atoms with E-state index < -0.39 is 17.8 Å². The number of carbonyl (C=O) groups excluding carboxylic acids is 3. The predicted octanol–water partition coefficient (Wildman–Crippen LogP) is 5.45. The van der Waals surface area contributed by atoms with E-state index in [0.717, 1.165) is 25.0 Å². The average molecular weight is 530 g/mol. The average Bonchev–Trinajstić information content (AvgIpc) is 3.16. The Balaban J connectivity index is 1.68. The zero-order valence-electron chi connectivity index (χ0n) is 15.6. The fourth-order valence-corrected chi connectivity index (χ4v) is 3.68. The molecule has 1 aromatic heterocycles. The SMILES string of the molecule is Cc1cc(N2C(=O)NC(=O)/C(=C\c3ccc(-c4cccc(Br)c4)o3)C2=O)ccc1Br. The highest BCUT2D eigenvalue weighted by atomic mass is 79.9. The Kier molecular flexibility index (Phi) is 5.44. The highest BCUT2D eigenvalue weighted by Crippen LogP contribution is 2.28. The molecule has 1 aliphatic rings. The van der Waals surface area contributed by atoms with Crippen molar-refractivity contribution in [2.24, 2.45) is 0 Å². The van der Waals surface area contributed by atoms with Crippen LogP contribution < -0.4 is 10.2 Å². The van der Waals surface area contributed by atoms with Gasteiger partial charge in [0.2, 0.25) is 0 Å². The lowest BCUT2D eigenvalue weighted by Crippen LogP contribution is -2.54. The van der Waals surface area contributed by atoms with Gasteiger partial charge in [-0.05, 0) is 61.0 Å². The van der Waals surface area contributed by atoms with E-state index in [9.17, 15) is 14.4 Å². The lowest BCUT2D eigenvalue weighted by atomic mass is 10.1. The number of hydrogen-bond acceptors (Lipinski definition) is 4. The van der Waals surface area contributed by atoms with Gasteiger partial charge in [0.25, 0.3) is 11.8 Å². The van der Waals surface area contributed by atoms with E-state index >= 15 is 0 Å². The van der Waals surface area contributed by atoms with Crippen LogP contribution in [0.2, 0.25) is 0 Å². The van der Waals surface area contributed by atoms with Crippen LogP contribution in [0.25, 0.3) is 17.4 Å². The van der Waals surface area contributed by atoms with E-state index in [2.05, 4.69) is 37.2 Å². The number of rotatable bonds is 3. The van der Waals surface area contributed by atoms with E-state index in [1.807, 2.05) is 31.2 Å². The third-order valence-electron chi connectivity index (χ3n) is 4.52. The zero-order chi connectivity index (χ0) is 21.4. The monoisotopic (exact) mass is 528 g/mol. The first-order chi connectivity index (χ1) is 14.3. The summed E-state index contributed by atoms with van der Waals surface area (Å²) in [5.74, 6) is -0.575. The molecule has 0 bridgehead atoms. The first-order valence-electron chi connectivity index (χ1n) is 8.87. The molecule has 0 spiro atoms. The smallest absolute Gasteiger partial charge is 0.335 e. The van der Waals surface area contributed by atoms with E-state index in [4.69, 9.17) is 4.42 Å². The minimum absolute atomic E-state index is 0.190. The van der Waals surface area contributed by atoms with Gasteiger partial charge in [0.15, 0.2) is 0 Å². The fraction of sp³-hybridized carbons (Fsp3) is 0.0455. The molecular weight excluding hydrogens is 516 g/mol. The van der Waals surface area contributed by atoms with E-state index in [1.165, 1.54) is 6.08 Å². The number of urea groups is 1. The van der Waals surface area contributed by atoms with Crippen molar-refractivity contribution in [3.63, 3.8) is 0 Å². The summed E-state index contributed by atoms with van der Waals surface area (Å²) in [6, 6.07) is 15.2. The normalized spacial score (nSPS) is 15.6. The quantitative estimate of drug-likeness (QED) is 0.361. The van der Waals surface area contributed by atoms with Gasteiger partial charge in [0, 0.05) is 14.5 Å². The van der Waals surface area contributed by atoms with Gasteiger partial charge in [0.1, 0.15) is 17.1 Å². The number of amides is 4. The van der Waals surface area contributed by atoms with Crippen LogP contribution in [0.3, 0.4) is 0 Å². The minimum Gasteiger partial charge on any atom is -0.457 e. The first-order valence-corrected chi connectivity index (χ1v) is 10.5. The van der Waals surface area contributed by atoms with Crippen LogP contribution in [0, 0.1) is 6.92 Å². The lowest BCUT2D eigenvalue weighted by molar-refractivity contribution is -0.122. The van der Waals surface area contributed by atoms with Crippen LogP contribution in [0.15, 0.2) is 73.5 Å². The van der Waals surface area contributed by atoms with Crippen LogP contribution in [-0.2, 0) is 9.59 Å². The molecule has 0 saturated carbocycles. The molecule has 8 heteroatoms. The van der Waals surface area contributed by atoms with Gasteiger partial charge in [-0.15, -0.1) is 0 Å². The number of nitrogens with zero attached hydrogens (tertiary/aromatic N) is 1. The second-order valence-electron chi connectivity index (χ2n) is 6.60. The molecule has 30 heavy (non-hydrogen) atoms. The zero-order valence-corrected chi connectivity index (χ0v) is 18.8. The molecule has 0 atom stereocenters. The van der Waals surface area contributed by atoms with Gasteiger partial charge in [-0.2, -0.15) is 0 Å². The van der Waals surface area contributed by atoms with Gasteiger partial charge in [0.05, 0.1) is 5.69 Å². The molecule has 0 unspecified atom stereocenters. The number of furan rings is 1. The van der Waals surface area contributed by atoms with Crippen molar-refractivity contribution >= 4 is 61.5 Å². The molecule has 3 aromatic rings. The highest BCUT2D eigenvalue weighted by Gasteiger charge is 2.37. The highest BCUT2D eigenvalue weighted by molar-refractivity contribution is 9.10. The van der Waals surface area contributed by atoms with Gasteiger partial charge in [-0.25, -0.2) is 9.69 Å². The molecule has 0 aliphatic carbocycles. The molecule has 1 fully saturated rings. The van der Waals surface area contributed by atoms with Crippen LogP contribution in [0.5, 0.6) is 0 Å². The molecule has 1 aliphatic heterocycles. The lowest BCUT2D eigenvalue weighted by Gasteiger charge is -2.26. The Morgan fingerprint density at radius 2 is 1.80 bits per heavy atom. The Hall–Kier alpha value is -2.97. The third-order valence-corrected chi connectivity index (χ3v) is 5.91. The van der Waals surface area contributed by atoms with Crippen molar-refractivity contribution in [2.75, 3.05) is 4.90 Å². The topological polar surface area (TPSA) is 79.6 Å². The van der Waals surface area contributed by atoms with Gasteiger partial charge < -0.3 is 4.42 Å². The van der Waals surface area contributed by atoms with Gasteiger partial charge >= 0.3 is 6.03 Å². The van der Waals surface area contributed by atoms with E-state index in [1.54, 1.807) is 30.3 Å². The number of barbiturate groups is 1. The van der Waals surface area contributed by atoms with Crippen LogP contribution in [0.1, 0.15) is 11.3 Å². The summed E-state index contributed by atoms with van der Waals surface area (Å²) in [5.41, 5.74) is 1.87. The van der Waals surface area contributed by atoms with Crippen LogP contribution >= 0.6 is 31.9 Å². The number of halogens is 2. The molecule has 1 N–H and O–H groups in total. The maximum absolute atomic E-state index is 13.0. The van der Waals surface area contributed by atoms with E-state index in [-0.39, 0.29) is 5.57 Å². The number of anilines is 1. The van der Waals surface area contributed by atoms with Gasteiger partial charge in [-0.3, -0.25) is 14.9 Å². The first kappa shape index (κ1) is 20.3. The maximum Gasteiger partial charge on any atom is 0.335 e. The Morgan fingerprint density at radius 1 is 1.00 bits per heavy atom. The second kappa shape index (κ2) is 8.04. The van der Waals surface area contributed by atoms with Crippen molar-refractivity contribution in [1.29, 1.82) is 0 Å². The minimum atomic E-state index is -0.793. The fourth-order valence-electron chi connectivity index (χ4n) is 3.03. The third kappa shape index (κ3) is 3.88. The Bertz CT molecular complexity index is 1230. The van der Waals surface area contributed by atoms with Crippen molar-refractivity contribution in [3.8, 4) is 11.3 Å². The summed E-state index contributed by atoms with van der Waals surface area (Å²) in [5, 5.41) is 2.21. The number of carbonyl (C=O) groups is 3. The Morgan fingerprint density at radius 3 is 2.53 bits per heavy atom. The summed E-state index contributed by atoms with van der Waals surface area (Å²) in [7, 11) is 0. The van der Waals surface area contributed by atoms with Crippen LogP contribution in [-0.4, -0.2) is 17.8 Å². The maximum atomic E-state index is 13.0. The summed E-state index contributed by atoms with van der Waals surface area (Å²) in [6.45, 7) is 1.84. The largest absolute Gasteiger partial charge is 0.457 e. The van der Waals surface area contributed by atoms with E-state index in [0.29, 0.717) is 17.2 Å². The molecule has 1 saturated heterocycles. The number of aryl methyl sites for hydroxylation is 1. The number of imide groups is 2. The second-order valence-corrected chi connectivity index (χ2v) is 8.37. The van der Waals surface area contributed by atoms with Crippen molar-refractivity contribution in [3.05, 3.63) is 80.4 Å². The molecule has 2 heterocycles. The molecule has 6 nitrogen and oxygen atoms in total. The van der Waals surface area contributed by atoms with Crippen molar-refractivity contribution < 1.29 is 18.8 Å². The molecule has 0 radical (unpaired) electrons. The Labute approximate surface area is 188 Å². The molecule has 2 aromatic carbocycles. The summed E-state index contributed by atoms with van der Waals surface area (Å²) >= 11 is 6.80. The number of nitrogens with one attached hydrogen (secondary N) is 1. The van der Waals surface area contributed by atoms with Gasteiger partial charge in [-0.1, -0.05) is 44.0 Å². The molecular formula is C22H14Br2N2O4. The van der Waals surface area contributed by atoms with Crippen LogP contribution in [0.4, 0.5) is 10.5 Å². The molecule has 4 rings (SSSR count). The molecule has 150 valence electrons.